The number of pyridine rings is 1. The molecule has 82 valence electrons. The zero-order valence-corrected chi connectivity index (χ0v) is 9.29. The van der Waals surface area contributed by atoms with E-state index in [0.717, 1.165) is 37.8 Å². The lowest BCUT2D eigenvalue weighted by molar-refractivity contribution is 0.122. The summed E-state index contributed by atoms with van der Waals surface area (Å²) in [5.41, 5.74) is 2.35. The summed E-state index contributed by atoms with van der Waals surface area (Å²) < 4.78 is 5.34. The fraction of sp³-hybridized carbons (Fsp3) is 0.545. The highest BCUT2D eigenvalue weighted by Gasteiger charge is 2.16. The van der Waals surface area contributed by atoms with Crippen LogP contribution in [0.25, 0.3) is 0 Å². The summed E-state index contributed by atoms with van der Waals surface area (Å²) in [6, 6.07) is 2.02. The van der Waals surface area contributed by atoms with Gasteiger partial charge in [0.25, 0.3) is 0 Å². The van der Waals surface area contributed by atoms with Crippen LogP contribution >= 0.6 is 0 Å². The van der Waals surface area contributed by atoms with Crippen LogP contribution in [0.4, 0.5) is 11.5 Å². The first kappa shape index (κ1) is 10.2. The van der Waals surface area contributed by atoms with E-state index < -0.39 is 0 Å². The van der Waals surface area contributed by atoms with E-state index in [9.17, 15) is 0 Å². The van der Waals surface area contributed by atoms with Gasteiger partial charge in [-0.2, -0.15) is 0 Å². The molecule has 0 atom stereocenters. The van der Waals surface area contributed by atoms with Gasteiger partial charge in [-0.3, -0.25) is 0 Å². The number of rotatable bonds is 2. The third-order valence-electron chi connectivity index (χ3n) is 2.70. The molecular weight excluding hydrogens is 190 g/mol. The Balaban J connectivity index is 2.29. The maximum Gasteiger partial charge on any atom is 0.152 e. The van der Waals surface area contributed by atoms with E-state index in [1.807, 2.05) is 19.3 Å². The second kappa shape index (κ2) is 4.49. The molecule has 0 spiro atoms. The largest absolute Gasteiger partial charge is 0.385 e. The molecule has 1 saturated heterocycles. The fourth-order valence-electron chi connectivity index (χ4n) is 1.87. The number of ether oxygens (including phenoxy) is 1. The number of nitrogens with zero attached hydrogens (tertiary/aromatic N) is 2. The minimum atomic E-state index is 0.790. The van der Waals surface area contributed by atoms with E-state index in [2.05, 4.69) is 22.1 Å². The van der Waals surface area contributed by atoms with Crippen molar-refractivity contribution in [3.8, 4) is 0 Å². The van der Waals surface area contributed by atoms with Gasteiger partial charge < -0.3 is 15.0 Å². The van der Waals surface area contributed by atoms with Crippen molar-refractivity contribution in [1.82, 2.24) is 4.98 Å². The van der Waals surface area contributed by atoms with Gasteiger partial charge in [-0.25, -0.2) is 4.98 Å². The number of aromatic nitrogens is 1. The molecule has 0 amide bonds. The van der Waals surface area contributed by atoms with Crippen LogP contribution in [0.2, 0.25) is 0 Å². The van der Waals surface area contributed by atoms with Gasteiger partial charge in [0, 0.05) is 26.3 Å². The molecule has 1 N–H and O–H groups in total. The van der Waals surface area contributed by atoms with Gasteiger partial charge in [0.15, 0.2) is 5.82 Å². The van der Waals surface area contributed by atoms with Crippen molar-refractivity contribution in [2.75, 3.05) is 43.6 Å². The van der Waals surface area contributed by atoms with Crippen molar-refractivity contribution in [2.45, 2.75) is 6.92 Å². The molecule has 15 heavy (non-hydrogen) atoms. The third-order valence-corrected chi connectivity index (χ3v) is 2.70. The third kappa shape index (κ3) is 2.04. The Morgan fingerprint density at radius 2 is 2.13 bits per heavy atom. The SMILES string of the molecule is CNc1c(C)ccnc1N1CCOCC1. The summed E-state index contributed by atoms with van der Waals surface area (Å²) in [6.07, 6.45) is 1.86. The average Bonchev–Trinajstić information content (AvgIpc) is 2.30. The number of nitrogens with one attached hydrogen (secondary N) is 1. The highest BCUT2D eigenvalue weighted by Crippen LogP contribution is 2.26. The Kier molecular flexibility index (Phi) is 3.06. The predicted molar refractivity (Wildman–Crippen MR) is 61.6 cm³/mol. The van der Waals surface area contributed by atoms with Gasteiger partial charge in [-0.15, -0.1) is 0 Å². The quantitative estimate of drug-likeness (QED) is 0.792. The fourth-order valence-corrected chi connectivity index (χ4v) is 1.87. The number of hydrogen-bond acceptors (Lipinski definition) is 4. The van der Waals surface area contributed by atoms with E-state index in [0.29, 0.717) is 0 Å². The molecule has 4 nitrogen and oxygen atoms in total. The Hall–Kier alpha value is -1.29. The Morgan fingerprint density at radius 3 is 2.80 bits per heavy atom. The molecule has 0 unspecified atom stereocenters. The summed E-state index contributed by atoms with van der Waals surface area (Å²) in [7, 11) is 1.94. The Morgan fingerprint density at radius 1 is 1.40 bits per heavy atom. The maximum atomic E-state index is 5.34. The Bertz CT molecular complexity index is 335. The van der Waals surface area contributed by atoms with Crippen LogP contribution in [-0.2, 0) is 4.74 Å². The Labute approximate surface area is 90.3 Å². The van der Waals surface area contributed by atoms with Gasteiger partial charge in [-0.1, -0.05) is 0 Å². The van der Waals surface area contributed by atoms with Crippen LogP contribution in [0.15, 0.2) is 12.3 Å². The molecule has 1 aromatic rings. The molecule has 4 heteroatoms. The van der Waals surface area contributed by atoms with Crippen LogP contribution in [0.1, 0.15) is 5.56 Å². The first-order valence-corrected chi connectivity index (χ1v) is 5.29. The van der Waals surface area contributed by atoms with Gasteiger partial charge in [0.1, 0.15) is 0 Å². The zero-order valence-electron chi connectivity index (χ0n) is 9.29. The van der Waals surface area contributed by atoms with E-state index in [-0.39, 0.29) is 0 Å². The molecule has 1 aliphatic rings. The van der Waals surface area contributed by atoms with Crippen LogP contribution in [0.3, 0.4) is 0 Å². The van der Waals surface area contributed by atoms with Crippen LogP contribution in [-0.4, -0.2) is 38.3 Å². The molecule has 1 fully saturated rings. The van der Waals surface area contributed by atoms with Gasteiger partial charge >= 0.3 is 0 Å². The summed E-state index contributed by atoms with van der Waals surface area (Å²) in [5, 5.41) is 3.22. The standard InChI is InChI=1S/C11H17N3O/c1-9-3-4-13-11(10(9)12-2)14-5-7-15-8-6-14/h3-4,12H,5-8H2,1-2H3. The highest BCUT2D eigenvalue weighted by molar-refractivity contribution is 5.69. The van der Waals surface area contributed by atoms with Crippen molar-refractivity contribution in [1.29, 1.82) is 0 Å². The molecule has 0 saturated carbocycles. The lowest BCUT2D eigenvalue weighted by Crippen LogP contribution is -2.37. The zero-order chi connectivity index (χ0) is 10.7. The number of aryl methyl sites for hydroxylation is 1. The van der Waals surface area contributed by atoms with Gasteiger partial charge in [0.05, 0.1) is 18.9 Å². The molecule has 0 radical (unpaired) electrons. The normalized spacial score (nSPS) is 16.5. The molecule has 1 aromatic heterocycles. The van der Waals surface area contributed by atoms with Crippen LogP contribution in [0, 0.1) is 6.92 Å². The van der Waals surface area contributed by atoms with Gasteiger partial charge in [-0.05, 0) is 18.6 Å². The molecule has 2 heterocycles. The predicted octanol–water partition coefficient (Wildman–Crippen LogP) is 1.27. The van der Waals surface area contributed by atoms with Gasteiger partial charge in [0.2, 0.25) is 0 Å². The lowest BCUT2D eigenvalue weighted by Gasteiger charge is -2.29. The minimum absolute atomic E-state index is 0.790. The van der Waals surface area contributed by atoms with Crippen LogP contribution in [0.5, 0.6) is 0 Å². The highest BCUT2D eigenvalue weighted by atomic mass is 16.5. The summed E-state index contributed by atoms with van der Waals surface area (Å²) >= 11 is 0. The molecule has 1 aliphatic heterocycles. The number of anilines is 2. The van der Waals surface area contributed by atoms with Crippen molar-refractivity contribution < 1.29 is 4.74 Å². The first-order valence-electron chi connectivity index (χ1n) is 5.29. The lowest BCUT2D eigenvalue weighted by atomic mass is 10.2. The van der Waals surface area contributed by atoms with Crippen molar-refractivity contribution in [3.05, 3.63) is 17.8 Å². The summed E-state index contributed by atoms with van der Waals surface area (Å²) in [5.74, 6) is 1.04. The van der Waals surface area contributed by atoms with Crippen LogP contribution < -0.4 is 10.2 Å². The second-order valence-corrected chi connectivity index (χ2v) is 3.68. The second-order valence-electron chi connectivity index (χ2n) is 3.68. The van der Waals surface area contributed by atoms with E-state index in [1.165, 1.54) is 5.56 Å². The molecule has 2 rings (SSSR count). The van der Waals surface area contributed by atoms with Crippen molar-refractivity contribution in [2.24, 2.45) is 0 Å². The maximum absolute atomic E-state index is 5.34. The number of hydrogen-bond donors (Lipinski definition) is 1. The first-order chi connectivity index (χ1) is 7.33. The van der Waals surface area contributed by atoms with E-state index >= 15 is 0 Å². The smallest absolute Gasteiger partial charge is 0.152 e. The van der Waals surface area contributed by atoms with E-state index in [1.54, 1.807) is 0 Å². The molecule has 0 bridgehead atoms. The monoisotopic (exact) mass is 207 g/mol. The number of morpholine rings is 1. The summed E-state index contributed by atoms with van der Waals surface area (Å²) in [6.45, 7) is 5.52. The molecule has 0 aliphatic carbocycles. The van der Waals surface area contributed by atoms with Crippen molar-refractivity contribution in [3.63, 3.8) is 0 Å². The summed E-state index contributed by atoms with van der Waals surface area (Å²) in [4.78, 5) is 6.71. The molecular formula is C11H17N3O. The topological polar surface area (TPSA) is 37.4 Å². The average molecular weight is 207 g/mol. The van der Waals surface area contributed by atoms with E-state index in [4.69, 9.17) is 4.74 Å². The van der Waals surface area contributed by atoms with Crippen molar-refractivity contribution >= 4 is 11.5 Å². The minimum Gasteiger partial charge on any atom is -0.385 e. The molecule has 0 aromatic carbocycles.